The number of hydrogen-bond donors (Lipinski definition) is 0. The number of nitrogens with zero attached hydrogens (tertiary/aromatic N) is 2. The van der Waals surface area contributed by atoms with Crippen LogP contribution in [-0.4, -0.2) is 14.1 Å². The van der Waals surface area contributed by atoms with Crippen LogP contribution in [0.1, 0.15) is 33.1 Å². The summed E-state index contributed by atoms with van der Waals surface area (Å²) in [5, 5.41) is 0. The van der Waals surface area contributed by atoms with E-state index in [4.69, 9.17) is 0 Å². The van der Waals surface area contributed by atoms with Crippen LogP contribution in [0, 0.1) is 0 Å². The van der Waals surface area contributed by atoms with Crippen molar-refractivity contribution in [3.05, 3.63) is 48.5 Å². The molecule has 2 nitrogen and oxygen atoms in total. The second-order valence-corrected chi connectivity index (χ2v) is 5.45. The van der Waals surface area contributed by atoms with Crippen LogP contribution in [0.3, 0.4) is 0 Å². The highest BCUT2D eigenvalue weighted by molar-refractivity contribution is 5.92. The first-order valence-corrected chi connectivity index (χ1v) is 7.86. The fourth-order valence-corrected chi connectivity index (χ4v) is 2.68. The Morgan fingerprint density at radius 2 is 0.905 bits per heavy atom. The Kier molecular flexibility index (Phi) is 5.26. The van der Waals surface area contributed by atoms with Crippen molar-refractivity contribution in [3.8, 4) is 0 Å². The van der Waals surface area contributed by atoms with Gasteiger partial charge in [-0.2, -0.15) is 0 Å². The van der Waals surface area contributed by atoms with Crippen LogP contribution in [0.2, 0.25) is 0 Å². The van der Waals surface area contributed by atoms with Gasteiger partial charge >= 0.3 is 0 Å². The van der Waals surface area contributed by atoms with Crippen LogP contribution in [0.25, 0.3) is 0 Å². The molecule has 0 N–H and O–H groups in total. The van der Waals surface area contributed by atoms with Gasteiger partial charge in [-0.25, -0.2) is 0 Å². The molecule has 0 spiro atoms. The van der Waals surface area contributed by atoms with E-state index in [0.29, 0.717) is 0 Å². The molecule has 112 valence electrons. The molecule has 0 amide bonds. The average molecular weight is 282 g/mol. The molecule has 0 saturated carbocycles. The molecule has 21 heavy (non-hydrogen) atoms. The summed E-state index contributed by atoms with van der Waals surface area (Å²) >= 11 is 0. The molecule has 0 atom stereocenters. The monoisotopic (exact) mass is 282 g/mol. The van der Waals surface area contributed by atoms with E-state index >= 15 is 0 Å². The molecule has 1 aliphatic rings. The van der Waals surface area contributed by atoms with E-state index in [9.17, 15) is 0 Å². The largest absolute Gasteiger partial charge is 0.341 e. The molecular weight excluding hydrogens is 256 g/mol. The summed E-state index contributed by atoms with van der Waals surface area (Å²) < 4.78 is 0. The van der Waals surface area contributed by atoms with E-state index in [0.717, 1.165) is 0 Å². The Morgan fingerprint density at radius 1 is 0.619 bits per heavy atom. The first-order chi connectivity index (χ1) is 10.2. The maximum atomic E-state index is 2.24. The van der Waals surface area contributed by atoms with Crippen LogP contribution < -0.4 is 9.80 Å². The van der Waals surface area contributed by atoms with Gasteiger partial charge in [0.05, 0.1) is 22.7 Å². The molecule has 0 aliphatic carbocycles. The third-order valence-corrected chi connectivity index (χ3v) is 3.92. The van der Waals surface area contributed by atoms with Gasteiger partial charge in [-0.3, -0.25) is 0 Å². The average Bonchev–Trinajstić information content (AvgIpc) is 2.54. The molecule has 3 rings (SSSR count). The fraction of sp³-hybridized carbons (Fsp3) is 0.368. The maximum absolute atomic E-state index is 2.24. The second-order valence-electron chi connectivity index (χ2n) is 5.45. The lowest BCUT2D eigenvalue weighted by atomic mass is 10.1. The summed E-state index contributed by atoms with van der Waals surface area (Å²) in [7, 11) is 4.23. The molecule has 2 aromatic carbocycles. The van der Waals surface area contributed by atoms with Crippen molar-refractivity contribution in [1.29, 1.82) is 0 Å². The molecule has 0 aromatic heterocycles. The Balaban J connectivity index is 0.000000282. The van der Waals surface area contributed by atoms with Gasteiger partial charge in [-0.05, 0) is 24.3 Å². The van der Waals surface area contributed by atoms with Crippen molar-refractivity contribution in [1.82, 2.24) is 0 Å². The highest BCUT2D eigenvalue weighted by Crippen LogP contribution is 2.45. The number of para-hydroxylation sites is 4. The Morgan fingerprint density at radius 3 is 1.10 bits per heavy atom. The lowest BCUT2D eigenvalue weighted by Gasteiger charge is -2.36. The summed E-state index contributed by atoms with van der Waals surface area (Å²) in [6.07, 6.45) is 4.08. The Hall–Kier alpha value is -1.96. The van der Waals surface area contributed by atoms with E-state index in [1.165, 1.54) is 42.0 Å². The highest BCUT2D eigenvalue weighted by Gasteiger charge is 2.22. The SMILES string of the molecule is CCCCC.CN1c2ccccc2N(C)c2ccccc21. The zero-order valence-electron chi connectivity index (χ0n) is 13.6. The zero-order valence-corrected chi connectivity index (χ0v) is 13.6. The molecular formula is C19H26N2. The molecule has 1 aliphatic heterocycles. The van der Waals surface area contributed by atoms with E-state index in [1.54, 1.807) is 0 Å². The molecule has 2 aromatic rings. The number of fused-ring (bicyclic) bond motifs is 2. The molecule has 0 radical (unpaired) electrons. The first-order valence-electron chi connectivity index (χ1n) is 7.86. The van der Waals surface area contributed by atoms with Gasteiger partial charge in [0.15, 0.2) is 0 Å². The summed E-state index contributed by atoms with van der Waals surface area (Å²) in [6.45, 7) is 4.42. The fourth-order valence-electron chi connectivity index (χ4n) is 2.68. The van der Waals surface area contributed by atoms with Gasteiger partial charge in [0.25, 0.3) is 0 Å². The number of hydrogen-bond acceptors (Lipinski definition) is 2. The lowest BCUT2D eigenvalue weighted by molar-refractivity contribution is 0.772. The lowest BCUT2D eigenvalue weighted by Crippen LogP contribution is -2.23. The van der Waals surface area contributed by atoms with Crippen molar-refractivity contribution >= 4 is 22.7 Å². The van der Waals surface area contributed by atoms with Gasteiger partial charge in [0.1, 0.15) is 0 Å². The quantitative estimate of drug-likeness (QED) is 0.693. The minimum atomic E-state index is 1.25. The van der Waals surface area contributed by atoms with E-state index < -0.39 is 0 Å². The number of unbranched alkanes of at least 4 members (excludes halogenated alkanes) is 2. The van der Waals surface area contributed by atoms with Gasteiger partial charge in [0.2, 0.25) is 0 Å². The zero-order chi connectivity index (χ0) is 15.2. The molecule has 1 heterocycles. The van der Waals surface area contributed by atoms with Gasteiger partial charge in [0, 0.05) is 14.1 Å². The summed E-state index contributed by atoms with van der Waals surface area (Å²) in [5.41, 5.74) is 5.01. The standard InChI is InChI=1S/C14H14N2.C5H12/c1-15-11-7-3-5-9-13(11)16(2)14-10-6-4-8-12(14)15;1-3-5-4-2/h3-10H,1-2H3;3-5H2,1-2H3. The molecule has 2 heteroatoms. The number of anilines is 4. The van der Waals surface area contributed by atoms with Crippen molar-refractivity contribution in [2.75, 3.05) is 23.9 Å². The van der Waals surface area contributed by atoms with Crippen LogP contribution in [-0.2, 0) is 0 Å². The molecule has 0 fully saturated rings. The van der Waals surface area contributed by atoms with E-state index in [2.05, 4.69) is 86.3 Å². The second kappa shape index (κ2) is 7.16. The minimum Gasteiger partial charge on any atom is -0.341 e. The Labute approximate surface area is 129 Å². The van der Waals surface area contributed by atoms with Crippen molar-refractivity contribution in [2.24, 2.45) is 0 Å². The normalized spacial score (nSPS) is 12.2. The smallest absolute Gasteiger partial charge is 0.0649 e. The number of benzene rings is 2. The molecule has 0 unspecified atom stereocenters. The topological polar surface area (TPSA) is 6.48 Å². The van der Waals surface area contributed by atoms with Crippen molar-refractivity contribution < 1.29 is 0 Å². The first kappa shape index (κ1) is 15.4. The van der Waals surface area contributed by atoms with Crippen LogP contribution in [0.5, 0.6) is 0 Å². The molecule has 0 saturated heterocycles. The Bertz CT molecular complexity index is 480. The number of rotatable bonds is 2. The summed E-state index contributed by atoms with van der Waals surface area (Å²) in [4.78, 5) is 4.48. The van der Waals surface area contributed by atoms with E-state index in [1.807, 2.05) is 0 Å². The minimum absolute atomic E-state index is 1.25. The van der Waals surface area contributed by atoms with Crippen LogP contribution in [0.4, 0.5) is 22.7 Å². The molecule has 0 bridgehead atoms. The summed E-state index contributed by atoms with van der Waals surface area (Å²) in [5.74, 6) is 0. The van der Waals surface area contributed by atoms with Crippen LogP contribution >= 0.6 is 0 Å². The third-order valence-electron chi connectivity index (χ3n) is 3.92. The highest BCUT2D eigenvalue weighted by atomic mass is 15.2. The van der Waals surface area contributed by atoms with E-state index in [-0.39, 0.29) is 0 Å². The van der Waals surface area contributed by atoms with Crippen molar-refractivity contribution in [2.45, 2.75) is 33.1 Å². The van der Waals surface area contributed by atoms with Gasteiger partial charge in [-0.15, -0.1) is 0 Å². The third kappa shape index (κ3) is 3.21. The predicted octanol–water partition coefficient (Wildman–Crippen LogP) is 5.73. The maximum Gasteiger partial charge on any atom is 0.0649 e. The van der Waals surface area contributed by atoms with Gasteiger partial charge in [-0.1, -0.05) is 57.4 Å². The van der Waals surface area contributed by atoms with Crippen molar-refractivity contribution in [3.63, 3.8) is 0 Å². The predicted molar refractivity (Wildman–Crippen MR) is 94.2 cm³/mol. The summed E-state index contributed by atoms with van der Waals surface area (Å²) in [6, 6.07) is 16.9. The van der Waals surface area contributed by atoms with Gasteiger partial charge < -0.3 is 9.80 Å². The van der Waals surface area contributed by atoms with Crippen LogP contribution in [0.15, 0.2) is 48.5 Å².